The SMILES string of the molecule is O=C1c2ccccc2C(=O)N1CC1CCCN1.[HH]. The smallest absolute Gasteiger partial charge is 0.261 e. The van der Waals surface area contributed by atoms with Crippen molar-refractivity contribution < 1.29 is 11.0 Å². The maximum Gasteiger partial charge on any atom is 0.261 e. The number of nitrogens with one attached hydrogen (secondary N) is 1. The first-order valence-corrected chi connectivity index (χ1v) is 5.96. The molecule has 1 atom stereocenters. The van der Waals surface area contributed by atoms with Crippen LogP contribution in [0.4, 0.5) is 0 Å². The van der Waals surface area contributed by atoms with E-state index >= 15 is 0 Å². The van der Waals surface area contributed by atoms with Crippen molar-refractivity contribution in [3.8, 4) is 0 Å². The number of hydrogen-bond acceptors (Lipinski definition) is 3. The number of benzene rings is 1. The Balaban J connectivity index is 0.00000120. The second kappa shape index (κ2) is 3.96. The van der Waals surface area contributed by atoms with Gasteiger partial charge in [0.15, 0.2) is 0 Å². The number of carbonyl (C=O) groups is 2. The average molecular weight is 232 g/mol. The largest absolute Gasteiger partial charge is 0.312 e. The number of imide groups is 1. The van der Waals surface area contributed by atoms with Crippen molar-refractivity contribution in [2.24, 2.45) is 0 Å². The predicted octanol–water partition coefficient (Wildman–Crippen LogP) is 1.28. The zero-order valence-electron chi connectivity index (χ0n) is 9.48. The van der Waals surface area contributed by atoms with Gasteiger partial charge in [0.2, 0.25) is 0 Å². The molecule has 17 heavy (non-hydrogen) atoms. The van der Waals surface area contributed by atoms with Gasteiger partial charge >= 0.3 is 0 Å². The van der Waals surface area contributed by atoms with Crippen LogP contribution in [0.1, 0.15) is 35.0 Å². The van der Waals surface area contributed by atoms with Crippen molar-refractivity contribution in [1.29, 1.82) is 0 Å². The number of fused-ring (bicyclic) bond motifs is 1. The summed E-state index contributed by atoms with van der Waals surface area (Å²) in [6.07, 6.45) is 2.15. The summed E-state index contributed by atoms with van der Waals surface area (Å²) in [5.41, 5.74) is 1.07. The summed E-state index contributed by atoms with van der Waals surface area (Å²) in [5, 5.41) is 3.31. The first-order valence-electron chi connectivity index (χ1n) is 5.96. The molecule has 1 fully saturated rings. The molecular weight excluding hydrogens is 216 g/mol. The lowest BCUT2D eigenvalue weighted by Gasteiger charge is -2.18. The van der Waals surface area contributed by atoms with Crippen LogP contribution in [0.25, 0.3) is 0 Å². The van der Waals surface area contributed by atoms with E-state index in [4.69, 9.17) is 0 Å². The minimum atomic E-state index is -0.153. The number of nitrogens with zero attached hydrogens (tertiary/aromatic N) is 1. The molecule has 1 unspecified atom stereocenters. The Morgan fingerprint density at radius 2 is 1.88 bits per heavy atom. The molecule has 0 bridgehead atoms. The van der Waals surface area contributed by atoms with Gasteiger partial charge < -0.3 is 5.32 Å². The van der Waals surface area contributed by atoms with E-state index < -0.39 is 0 Å². The molecule has 4 heteroatoms. The van der Waals surface area contributed by atoms with Gasteiger partial charge in [-0.3, -0.25) is 14.5 Å². The Bertz CT molecular complexity index is 449. The third-order valence-corrected chi connectivity index (χ3v) is 3.44. The van der Waals surface area contributed by atoms with E-state index in [0.717, 1.165) is 19.4 Å². The zero-order chi connectivity index (χ0) is 11.8. The minimum Gasteiger partial charge on any atom is -0.312 e. The van der Waals surface area contributed by atoms with Crippen molar-refractivity contribution in [2.75, 3.05) is 13.1 Å². The van der Waals surface area contributed by atoms with Crippen molar-refractivity contribution >= 4 is 11.8 Å². The highest BCUT2D eigenvalue weighted by Crippen LogP contribution is 2.23. The maximum absolute atomic E-state index is 12.1. The lowest BCUT2D eigenvalue weighted by molar-refractivity contribution is 0.0641. The normalized spacial score (nSPS) is 23.3. The van der Waals surface area contributed by atoms with Gasteiger partial charge in [-0.1, -0.05) is 12.1 Å². The fourth-order valence-electron chi connectivity index (χ4n) is 2.54. The molecule has 3 rings (SSSR count). The van der Waals surface area contributed by atoms with Gasteiger partial charge in [-0.25, -0.2) is 0 Å². The molecule has 1 aromatic rings. The molecule has 2 amide bonds. The molecule has 2 aliphatic rings. The fourth-order valence-corrected chi connectivity index (χ4v) is 2.54. The highest BCUT2D eigenvalue weighted by Gasteiger charge is 2.36. The van der Waals surface area contributed by atoms with E-state index in [1.165, 1.54) is 4.90 Å². The van der Waals surface area contributed by atoms with Crippen LogP contribution in [0.2, 0.25) is 0 Å². The summed E-state index contributed by atoms with van der Waals surface area (Å²) in [6.45, 7) is 1.47. The molecule has 90 valence electrons. The van der Waals surface area contributed by atoms with Crippen molar-refractivity contribution in [3.05, 3.63) is 35.4 Å². The molecular formula is C13H16N2O2. The summed E-state index contributed by atoms with van der Waals surface area (Å²) in [4.78, 5) is 25.5. The van der Waals surface area contributed by atoms with E-state index in [9.17, 15) is 9.59 Å². The van der Waals surface area contributed by atoms with Crippen LogP contribution in [0, 0.1) is 0 Å². The van der Waals surface area contributed by atoms with Crippen LogP contribution < -0.4 is 5.32 Å². The van der Waals surface area contributed by atoms with Crippen LogP contribution in [-0.2, 0) is 0 Å². The summed E-state index contributed by atoms with van der Waals surface area (Å²) < 4.78 is 0. The van der Waals surface area contributed by atoms with Crippen LogP contribution in [-0.4, -0.2) is 35.8 Å². The summed E-state index contributed by atoms with van der Waals surface area (Å²) >= 11 is 0. The number of amides is 2. The van der Waals surface area contributed by atoms with Crippen LogP contribution in [0.15, 0.2) is 24.3 Å². The molecule has 0 aromatic heterocycles. The van der Waals surface area contributed by atoms with Crippen molar-refractivity contribution in [2.45, 2.75) is 18.9 Å². The summed E-state index contributed by atoms with van der Waals surface area (Å²) in [5.74, 6) is -0.307. The first kappa shape index (κ1) is 10.5. The Labute approximate surface area is 101 Å². The van der Waals surface area contributed by atoms with Gasteiger partial charge in [-0.2, -0.15) is 0 Å². The topological polar surface area (TPSA) is 49.4 Å². The zero-order valence-corrected chi connectivity index (χ0v) is 9.48. The fraction of sp³-hybridized carbons (Fsp3) is 0.385. The second-order valence-corrected chi connectivity index (χ2v) is 4.56. The van der Waals surface area contributed by atoms with Crippen LogP contribution >= 0.6 is 0 Å². The molecule has 0 radical (unpaired) electrons. The molecule has 2 aliphatic heterocycles. The average Bonchev–Trinajstić information content (AvgIpc) is 2.94. The lowest BCUT2D eigenvalue weighted by atomic mass is 10.1. The van der Waals surface area contributed by atoms with E-state index in [-0.39, 0.29) is 19.3 Å². The van der Waals surface area contributed by atoms with Gasteiger partial charge in [0.1, 0.15) is 0 Å². The second-order valence-electron chi connectivity index (χ2n) is 4.56. The van der Waals surface area contributed by atoms with Crippen LogP contribution in [0.3, 0.4) is 0 Å². The predicted molar refractivity (Wildman–Crippen MR) is 64.9 cm³/mol. The molecule has 2 heterocycles. The van der Waals surface area contributed by atoms with E-state index in [1.54, 1.807) is 24.3 Å². The number of hydrogen-bond donors (Lipinski definition) is 1. The molecule has 0 spiro atoms. The number of rotatable bonds is 2. The minimum absolute atomic E-state index is 0. The van der Waals surface area contributed by atoms with Crippen molar-refractivity contribution in [3.63, 3.8) is 0 Å². The van der Waals surface area contributed by atoms with Crippen molar-refractivity contribution in [1.82, 2.24) is 10.2 Å². The molecule has 0 aliphatic carbocycles. The Kier molecular flexibility index (Phi) is 2.44. The van der Waals surface area contributed by atoms with E-state index in [0.29, 0.717) is 17.7 Å². The van der Waals surface area contributed by atoms with E-state index in [1.807, 2.05) is 0 Å². The highest BCUT2D eigenvalue weighted by molar-refractivity contribution is 6.21. The molecule has 1 aromatic carbocycles. The third-order valence-electron chi connectivity index (χ3n) is 3.44. The molecule has 1 saturated heterocycles. The van der Waals surface area contributed by atoms with Crippen LogP contribution in [0.5, 0.6) is 0 Å². The van der Waals surface area contributed by atoms with Gasteiger partial charge in [-0.05, 0) is 31.5 Å². The first-order chi connectivity index (χ1) is 8.27. The van der Waals surface area contributed by atoms with E-state index in [2.05, 4.69) is 5.32 Å². The Hall–Kier alpha value is -1.68. The number of carbonyl (C=O) groups excluding carboxylic acids is 2. The monoisotopic (exact) mass is 232 g/mol. The Morgan fingerprint density at radius 3 is 2.41 bits per heavy atom. The lowest BCUT2D eigenvalue weighted by Crippen LogP contribution is -2.40. The Morgan fingerprint density at radius 1 is 1.24 bits per heavy atom. The summed E-state index contributed by atoms with van der Waals surface area (Å²) in [7, 11) is 0. The maximum atomic E-state index is 12.1. The molecule has 0 saturated carbocycles. The van der Waals surface area contributed by atoms with Gasteiger partial charge in [0.25, 0.3) is 11.8 Å². The molecule has 4 nitrogen and oxygen atoms in total. The van der Waals surface area contributed by atoms with Gasteiger partial charge in [-0.15, -0.1) is 0 Å². The standard InChI is InChI=1S/C13H14N2O2.H2/c16-12-10-5-1-2-6-11(10)13(17)15(12)8-9-4-3-7-14-9;/h1-2,5-6,9,14H,3-4,7-8H2;1H. The highest BCUT2D eigenvalue weighted by atomic mass is 16.2. The van der Waals surface area contributed by atoms with Gasteiger partial charge in [0.05, 0.1) is 11.1 Å². The molecule has 1 N–H and O–H groups in total. The summed E-state index contributed by atoms with van der Waals surface area (Å²) in [6, 6.07) is 7.29. The quantitative estimate of drug-likeness (QED) is 0.781. The van der Waals surface area contributed by atoms with Gasteiger partial charge in [0, 0.05) is 14.0 Å². The third kappa shape index (κ3) is 1.65.